The van der Waals surface area contributed by atoms with Crippen molar-refractivity contribution in [1.82, 2.24) is 0 Å². The predicted octanol–water partition coefficient (Wildman–Crippen LogP) is 3.36. The van der Waals surface area contributed by atoms with E-state index in [1.165, 1.54) is 0 Å². The Morgan fingerprint density at radius 1 is 0.978 bits per heavy atom. The molecule has 0 radical (unpaired) electrons. The highest BCUT2D eigenvalue weighted by atomic mass is 32.3. The Kier molecular flexibility index (Phi) is 8.16. The molecule has 3 saturated heterocycles. The summed E-state index contributed by atoms with van der Waals surface area (Å²) in [5.74, 6) is 1.64. The van der Waals surface area contributed by atoms with Gasteiger partial charge >= 0.3 is 10.4 Å². The summed E-state index contributed by atoms with van der Waals surface area (Å²) >= 11 is 0. The second-order valence-corrected chi connectivity index (χ2v) is 17.1. The molecule has 11 nitrogen and oxygen atoms in total. The van der Waals surface area contributed by atoms with Crippen LogP contribution in [0.2, 0.25) is 0 Å². The van der Waals surface area contributed by atoms with Crippen molar-refractivity contribution in [1.29, 1.82) is 0 Å². The third-order valence-corrected chi connectivity index (χ3v) is 14.2. The molecular formula is C33H52O11S. The maximum absolute atomic E-state index is 12.2. The van der Waals surface area contributed by atoms with Crippen LogP contribution in [0.3, 0.4) is 0 Å². The number of hydrogen-bond acceptors (Lipinski definition) is 10. The van der Waals surface area contributed by atoms with Gasteiger partial charge in [0.15, 0.2) is 12.1 Å². The van der Waals surface area contributed by atoms with Gasteiger partial charge in [0.2, 0.25) is 0 Å². The molecule has 45 heavy (non-hydrogen) atoms. The van der Waals surface area contributed by atoms with Crippen LogP contribution in [0.5, 0.6) is 0 Å². The average molecular weight is 657 g/mol. The highest BCUT2D eigenvalue weighted by Crippen LogP contribution is 2.71. The molecule has 256 valence electrons. The van der Waals surface area contributed by atoms with E-state index < -0.39 is 64.5 Å². The predicted molar refractivity (Wildman–Crippen MR) is 161 cm³/mol. The lowest BCUT2D eigenvalue weighted by Crippen LogP contribution is -2.60. The van der Waals surface area contributed by atoms with E-state index in [9.17, 15) is 28.3 Å². The van der Waals surface area contributed by atoms with E-state index in [4.69, 9.17) is 23.1 Å². The van der Waals surface area contributed by atoms with Crippen LogP contribution in [-0.2, 0) is 33.5 Å². The van der Waals surface area contributed by atoms with Crippen molar-refractivity contribution in [2.45, 2.75) is 141 Å². The van der Waals surface area contributed by atoms with E-state index in [0.717, 1.165) is 50.7 Å². The Balaban J connectivity index is 1.14. The van der Waals surface area contributed by atoms with Crippen molar-refractivity contribution in [3.8, 4) is 0 Å². The summed E-state index contributed by atoms with van der Waals surface area (Å²) in [6.07, 6.45) is 1.19. The molecule has 0 aromatic heterocycles. The van der Waals surface area contributed by atoms with Crippen LogP contribution in [0.1, 0.15) is 86.0 Å². The number of aliphatic hydroxyl groups is 3. The second-order valence-electron chi connectivity index (χ2n) is 16.0. The van der Waals surface area contributed by atoms with Gasteiger partial charge in [0.1, 0.15) is 18.3 Å². The molecule has 7 rings (SSSR count). The second kappa shape index (κ2) is 11.2. The van der Waals surface area contributed by atoms with Gasteiger partial charge in [-0.2, -0.15) is 8.42 Å². The van der Waals surface area contributed by atoms with Gasteiger partial charge in [-0.15, -0.1) is 0 Å². The molecule has 1 spiro atoms. The maximum Gasteiger partial charge on any atom is 0.397 e. The lowest BCUT2D eigenvalue weighted by molar-refractivity contribution is -0.307. The van der Waals surface area contributed by atoms with Gasteiger partial charge in [-0.1, -0.05) is 39.3 Å². The first-order valence-electron chi connectivity index (χ1n) is 17.1. The van der Waals surface area contributed by atoms with Gasteiger partial charge in [-0.3, -0.25) is 4.55 Å². The smallest absolute Gasteiger partial charge is 0.388 e. The van der Waals surface area contributed by atoms with Gasteiger partial charge in [0.25, 0.3) is 0 Å². The summed E-state index contributed by atoms with van der Waals surface area (Å²) < 4.78 is 65.1. The summed E-state index contributed by atoms with van der Waals surface area (Å²) in [7, 11) is -4.78. The molecule has 12 heteroatoms. The highest BCUT2D eigenvalue weighted by molar-refractivity contribution is 7.80. The monoisotopic (exact) mass is 656 g/mol. The summed E-state index contributed by atoms with van der Waals surface area (Å²) in [5.41, 5.74) is 0.463. The van der Waals surface area contributed by atoms with Crippen LogP contribution in [0, 0.1) is 46.3 Å². The zero-order valence-corrected chi connectivity index (χ0v) is 27.9. The number of hydrogen-bond donors (Lipinski definition) is 4. The first-order valence-corrected chi connectivity index (χ1v) is 18.5. The first kappa shape index (κ1) is 32.9. The van der Waals surface area contributed by atoms with Crippen molar-refractivity contribution in [2.24, 2.45) is 46.3 Å². The van der Waals surface area contributed by atoms with Crippen LogP contribution < -0.4 is 0 Å². The van der Waals surface area contributed by atoms with Gasteiger partial charge in [0, 0.05) is 24.2 Å². The summed E-state index contributed by atoms with van der Waals surface area (Å²) in [6.45, 7) is 11.4. The molecule has 0 aromatic rings. The van der Waals surface area contributed by atoms with Gasteiger partial charge < -0.3 is 34.3 Å². The third kappa shape index (κ3) is 5.11. The molecule has 0 aromatic carbocycles. The minimum absolute atomic E-state index is 0.0825. The molecular weight excluding hydrogens is 604 g/mol. The third-order valence-electron chi connectivity index (χ3n) is 13.8. The van der Waals surface area contributed by atoms with Crippen LogP contribution in [0.15, 0.2) is 11.6 Å². The SMILES string of the molecule is C[C@@H]1CC[C@@]2(OC1)O[C@H]1C[C@H]3[C@@H]4CC=C5C[C@@H](O[C@@H]6O[C@@H](C)[C@H](O)[C@@H](O)[C@H]6O)C[C@@H](OS(=O)(=O)O)[C@]5(C)[C@H]4CC[C@]3(C)[C@H]1[C@@H]2C. The van der Waals surface area contributed by atoms with Crippen LogP contribution in [0.25, 0.3) is 0 Å². The van der Waals surface area contributed by atoms with E-state index in [0.29, 0.717) is 36.0 Å². The fraction of sp³-hybridized carbons (Fsp3) is 0.939. The molecule has 4 N–H and O–H groups in total. The Morgan fingerprint density at radius 3 is 2.42 bits per heavy atom. The van der Waals surface area contributed by atoms with E-state index in [2.05, 4.69) is 33.8 Å². The molecule has 3 saturated carbocycles. The van der Waals surface area contributed by atoms with E-state index in [1.54, 1.807) is 6.92 Å². The lowest BCUT2D eigenvalue weighted by Gasteiger charge is -2.60. The Bertz CT molecular complexity index is 1280. The molecule has 3 aliphatic heterocycles. The molecule has 0 unspecified atom stereocenters. The maximum atomic E-state index is 12.2. The molecule has 0 bridgehead atoms. The Hall–Kier alpha value is -0.670. The summed E-state index contributed by atoms with van der Waals surface area (Å²) in [4.78, 5) is 0. The average Bonchev–Trinajstić information content (AvgIpc) is 3.41. The minimum Gasteiger partial charge on any atom is -0.388 e. The van der Waals surface area contributed by atoms with Crippen molar-refractivity contribution in [3.05, 3.63) is 11.6 Å². The molecule has 7 aliphatic rings. The standard InChI is InChI=1S/C33H52O11S/c1-16-8-11-33(40-15-16)17(2)26-24(43-33)14-23-21-7-6-19-12-20(42-30-29(36)28(35)27(34)18(3)41-30)13-25(44-45(37,38)39)32(19,5)22(21)9-10-31(23,26)4/h6,16-18,20-30,34-36H,7-15H2,1-5H3,(H,37,38,39)/t16-,17+,18+,20-,21-,22+,23+,24+,25-,26+,27+,28-,29-,30+,31+,32+,33-/m1/s1. The zero-order valence-electron chi connectivity index (χ0n) is 27.1. The summed E-state index contributed by atoms with van der Waals surface area (Å²) in [5, 5.41) is 31.0. The largest absolute Gasteiger partial charge is 0.397 e. The molecule has 17 atom stereocenters. The lowest BCUT2D eigenvalue weighted by atomic mass is 9.46. The highest BCUT2D eigenvalue weighted by Gasteiger charge is 2.69. The van der Waals surface area contributed by atoms with Gasteiger partial charge in [0.05, 0.1) is 31.0 Å². The fourth-order valence-electron chi connectivity index (χ4n) is 11.4. The van der Waals surface area contributed by atoms with Crippen molar-refractivity contribution in [2.75, 3.05) is 6.61 Å². The molecule has 3 heterocycles. The molecule has 4 aliphatic carbocycles. The normalized spacial score (nSPS) is 56.2. The fourth-order valence-corrected chi connectivity index (χ4v) is 12.0. The van der Waals surface area contributed by atoms with E-state index in [1.807, 2.05) is 0 Å². The van der Waals surface area contributed by atoms with Crippen molar-refractivity contribution >= 4 is 10.4 Å². The quantitative estimate of drug-likeness (QED) is 0.259. The van der Waals surface area contributed by atoms with Crippen molar-refractivity contribution in [3.63, 3.8) is 0 Å². The topological polar surface area (TPSA) is 161 Å². The zero-order chi connectivity index (χ0) is 32.3. The Morgan fingerprint density at radius 2 is 1.73 bits per heavy atom. The van der Waals surface area contributed by atoms with E-state index in [-0.39, 0.29) is 23.9 Å². The van der Waals surface area contributed by atoms with Crippen LogP contribution in [0.4, 0.5) is 0 Å². The van der Waals surface area contributed by atoms with Crippen molar-refractivity contribution < 1.29 is 51.4 Å². The van der Waals surface area contributed by atoms with Crippen LogP contribution in [-0.4, -0.2) is 89.7 Å². The number of ether oxygens (including phenoxy) is 4. The number of rotatable bonds is 4. The number of allylic oxidation sites excluding steroid dienone is 1. The van der Waals surface area contributed by atoms with Gasteiger partial charge in [-0.05, 0) is 80.5 Å². The molecule has 6 fully saturated rings. The van der Waals surface area contributed by atoms with E-state index >= 15 is 0 Å². The molecule has 0 amide bonds. The summed E-state index contributed by atoms with van der Waals surface area (Å²) in [6, 6.07) is 0. The number of fused-ring (bicyclic) bond motifs is 7. The first-order chi connectivity index (χ1) is 21.1. The number of aliphatic hydroxyl groups excluding tert-OH is 3. The van der Waals surface area contributed by atoms with Crippen LogP contribution >= 0.6 is 0 Å². The minimum atomic E-state index is -4.78. The van der Waals surface area contributed by atoms with Gasteiger partial charge in [-0.25, -0.2) is 4.18 Å². The Labute approximate surface area is 266 Å².